The predicted octanol–water partition coefficient (Wildman–Crippen LogP) is 2.52. The molecule has 1 aliphatic rings. The van der Waals surface area contributed by atoms with Crippen molar-refractivity contribution in [1.82, 2.24) is 14.9 Å². The van der Waals surface area contributed by atoms with E-state index in [1.165, 1.54) is 4.57 Å². The summed E-state index contributed by atoms with van der Waals surface area (Å²) < 4.78 is 7.45. The second kappa shape index (κ2) is 7.93. The first kappa shape index (κ1) is 17.8. The molecule has 2 atom stereocenters. The van der Waals surface area contributed by atoms with E-state index in [0.717, 1.165) is 25.9 Å². The molecule has 0 saturated carbocycles. The normalized spacial score (nSPS) is 18.4. The molecule has 0 unspecified atom stereocenters. The molecule has 1 aliphatic heterocycles. The third-order valence-electron chi connectivity index (χ3n) is 4.65. The molecule has 2 heterocycles. The van der Waals surface area contributed by atoms with Gasteiger partial charge >= 0.3 is 0 Å². The van der Waals surface area contributed by atoms with Gasteiger partial charge in [-0.1, -0.05) is 19.1 Å². The largest absolute Gasteiger partial charge is 0.376 e. The van der Waals surface area contributed by atoms with Gasteiger partial charge in [0, 0.05) is 19.6 Å². The van der Waals surface area contributed by atoms with Gasteiger partial charge in [0.15, 0.2) is 4.77 Å². The highest BCUT2D eigenvalue weighted by atomic mass is 32.1. The summed E-state index contributed by atoms with van der Waals surface area (Å²) in [5.74, 6) is -0.0863. The molecule has 0 spiro atoms. The molecular formula is C18H23N3O3S. The zero-order valence-electron chi connectivity index (χ0n) is 14.3. The van der Waals surface area contributed by atoms with Gasteiger partial charge in [-0.05, 0) is 43.6 Å². The lowest BCUT2D eigenvalue weighted by atomic mass is 10.1. The molecule has 3 rings (SSSR count). The Morgan fingerprint density at radius 2 is 2.28 bits per heavy atom. The van der Waals surface area contributed by atoms with Crippen LogP contribution in [0.2, 0.25) is 0 Å². The van der Waals surface area contributed by atoms with Crippen LogP contribution in [0.5, 0.6) is 0 Å². The fraction of sp³-hybridized carbons (Fsp3) is 0.500. The highest BCUT2D eigenvalue weighted by molar-refractivity contribution is 7.71. The monoisotopic (exact) mass is 361 g/mol. The van der Waals surface area contributed by atoms with Crippen molar-refractivity contribution in [2.24, 2.45) is 0 Å². The van der Waals surface area contributed by atoms with Crippen LogP contribution in [-0.4, -0.2) is 34.2 Å². The van der Waals surface area contributed by atoms with E-state index in [1.807, 2.05) is 25.1 Å². The molecule has 1 aromatic carbocycles. The number of nitrogens with zero attached hydrogens (tertiary/aromatic N) is 1. The molecule has 2 N–H and O–H groups in total. The molecule has 25 heavy (non-hydrogen) atoms. The minimum atomic E-state index is -0.168. The topological polar surface area (TPSA) is 76.1 Å². The number of ether oxygens (including phenoxy) is 1. The Kier molecular flexibility index (Phi) is 5.65. The van der Waals surface area contributed by atoms with E-state index in [9.17, 15) is 9.59 Å². The molecular weight excluding hydrogens is 338 g/mol. The van der Waals surface area contributed by atoms with Crippen molar-refractivity contribution < 1.29 is 9.53 Å². The molecule has 134 valence electrons. The number of H-pyrrole nitrogens is 1. The molecule has 7 heteroatoms. The number of hydrogen-bond acceptors (Lipinski definition) is 4. The standard InChI is InChI=1S/C18H23N3O3S/c1-2-13(15-8-5-11-24-15)19-16(22)9-10-21-17(23)12-6-3-4-7-14(12)20-18(21)25/h3-4,6-7,13,15H,2,5,8-11H2,1H3,(H,19,22)(H,20,25)/t13-,15+/m0/s1. The number of nitrogens with one attached hydrogen (secondary N) is 2. The highest BCUT2D eigenvalue weighted by Gasteiger charge is 2.25. The maximum Gasteiger partial charge on any atom is 0.262 e. The van der Waals surface area contributed by atoms with Crippen LogP contribution in [0.3, 0.4) is 0 Å². The summed E-state index contributed by atoms with van der Waals surface area (Å²) >= 11 is 5.27. The Balaban J connectivity index is 1.69. The number of hydrogen-bond donors (Lipinski definition) is 2. The maximum absolute atomic E-state index is 12.6. The third kappa shape index (κ3) is 3.99. The van der Waals surface area contributed by atoms with Crippen molar-refractivity contribution >= 4 is 29.0 Å². The molecule has 1 fully saturated rings. The number of rotatable bonds is 6. The van der Waals surface area contributed by atoms with Crippen LogP contribution in [0.25, 0.3) is 10.9 Å². The number of carbonyl (C=O) groups is 1. The Morgan fingerprint density at radius 3 is 3.00 bits per heavy atom. The van der Waals surface area contributed by atoms with E-state index in [2.05, 4.69) is 10.3 Å². The van der Waals surface area contributed by atoms with Crippen LogP contribution in [0.1, 0.15) is 32.6 Å². The first-order chi connectivity index (χ1) is 12.1. The number of carbonyl (C=O) groups excluding carboxylic acids is 1. The molecule has 1 saturated heterocycles. The first-order valence-corrected chi connectivity index (χ1v) is 9.13. The van der Waals surface area contributed by atoms with Crippen LogP contribution >= 0.6 is 12.2 Å². The van der Waals surface area contributed by atoms with Crippen LogP contribution in [0.4, 0.5) is 0 Å². The molecule has 6 nitrogen and oxygen atoms in total. The van der Waals surface area contributed by atoms with Gasteiger partial charge in [-0.3, -0.25) is 14.2 Å². The number of aromatic amines is 1. The van der Waals surface area contributed by atoms with Gasteiger partial charge in [0.2, 0.25) is 5.91 Å². The predicted molar refractivity (Wildman–Crippen MR) is 99.2 cm³/mol. The second-order valence-corrected chi connectivity index (χ2v) is 6.70. The van der Waals surface area contributed by atoms with Crippen molar-refractivity contribution in [3.8, 4) is 0 Å². The molecule has 1 amide bonds. The van der Waals surface area contributed by atoms with Crippen molar-refractivity contribution in [2.45, 2.75) is 51.3 Å². The van der Waals surface area contributed by atoms with E-state index >= 15 is 0 Å². The van der Waals surface area contributed by atoms with Crippen molar-refractivity contribution in [2.75, 3.05) is 6.61 Å². The lowest BCUT2D eigenvalue weighted by Crippen LogP contribution is -2.43. The van der Waals surface area contributed by atoms with E-state index in [-0.39, 0.29) is 36.6 Å². The molecule has 0 bridgehead atoms. The summed E-state index contributed by atoms with van der Waals surface area (Å²) in [6.45, 7) is 3.06. The van der Waals surface area contributed by atoms with Gasteiger partial charge in [-0.25, -0.2) is 0 Å². The van der Waals surface area contributed by atoms with Crippen LogP contribution in [0, 0.1) is 4.77 Å². The van der Waals surface area contributed by atoms with Gasteiger partial charge in [0.1, 0.15) is 0 Å². The Bertz CT molecular complexity index is 868. The number of aromatic nitrogens is 2. The minimum Gasteiger partial charge on any atom is -0.376 e. The number of fused-ring (bicyclic) bond motifs is 1. The zero-order chi connectivity index (χ0) is 17.8. The van der Waals surface area contributed by atoms with Crippen molar-refractivity contribution in [3.63, 3.8) is 0 Å². The zero-order valence-corrected chi connectivity index (χ0v) is 15.1. The van der Waals surface area contributed by atoms with E-state index in [0.29, 0.717) is 15.7 Å². The second-order valence-electron chi connectivity index (χ2n) is 6.32. The number of amides is 1. The summed E-state index contributed by atoms with van der Waals surface area (Å²) in [5, 5.41) is 3.60. The Morgan fingerprint density at radius 1 is 1.48 bits per heavy atom. The number of benzene rings is 1. The van der Waals surface area contributed by atoms with Gasteiger partial charge in [-0.2, -0.15) is 0 Å². The minimum absolute atomic E-state index is 0.0258. The maximum atomic E-state index is 12.6. The Hall–Kier alpha value is -1.99. The average molecular weight is 361 g/mol. The Labute approximate surface area is 151 Å². The molecule has 0 radical (unpaired) electrons. The summed E-state index contributed by atoms with van der Waals surface area (Å²) in [5.41, 5.74) is 0.543. The number of para-hydroxylation sites is 1. The summed E-state index contributed by atoms with van der Waals surface area (Å²) in [6.07, 6.45) is 3.15. The SMILES string of the molecule is CC[C@H](NC(=O)CCn1c(=S)[nH]c2ccccc2c1=O)[C@H]1CCCO1. The van der Waals surface area contributed by atoms with Crippen molar-refractivity contribution in [1.29, 1.82) is 0 Å². The van der Waals surface area contributed by atoms with E-state index in [1.54, 1.807) is 6.07 Å². The summed E-state index contributed by atoms with van der Waals surface area (Å²) in [4.78, 5) is 27.9. The third-order valence-corrected chi connectivity index (χ3v) is 4.97. The fourth-order valence-electron chi connectivity index (χ4n) is 3.27. The molecule has 1 aromatic heterocycles. The van der Waals surface area contributed by atoms with E-state index < -0.39 is 0 Å². The summed E-state index contributed by atoms with van der Waals surface area (Å²) in [6, 6.07) is 7.25. The summed E-state index contributed by atoms with van der Waals surface area (Å²) in [7, 11) is 0. The smallest absolute Gasteiger partial charge is 0.262 e. The van der Waals surface area contributed by atoms with E-state index in [4.69, 9.17) is 17.0 Å². The lowest BCUT2D eigenvalue weighted by molar-refractivity contribution is -0.123. The molecule has 0 aliphatic carbocycles. The van der Waals surface area contributed by atoms with Gasteiger partial charge < -0.3 is 15.0 Å². The molecule has 2 aromatic rings. The van der Waals surface area contributed by atoms with Gasteiger partial charge in [0.25, 0.3) is 5.56 Å². The lowest BCUT2D eigenvalue weighted by Gasteiger charge is -2.23. The van der Waals surface area contributed by atoms with Gasteiger partial charge in [0.05, 0.1) is 23.0 Å². The van der Waals surface area contributed by atoms with Crippen LogP contribution < -0.4 is 10.9 Å². The quantitative estimate of drug-likeness (QED) is 0.775. The van der Waals surface area contributed by atoms with Crippen LogP contribution in [-0.2, 0) is 16.1 Å². The fourth-order valence-corrected chi connectivity index (χ4v) is 3.56. The van der Waals surface area contributed by atoms with Crippen molar-refractivity contribution in [3.05, 3.63) is 39.4 Å². The highest BCUT2D eigenvalue weighted by Crippen LogP contribution is 2.17. The van der Waals surface area contributed by atoms with Gasteiger partial charge in [-0.15, -0.1) is 0 Å². The first-order valence-electron chi connectivity index (χ1n) is 8.73. The average Bonchev–Trinajstić information content (AvgIpc) is 3.14. The van der Waals surface area contributed by atoms with Crippen LogP contribution in [0.15, 0.2) is 29.1 Å².